The Bertz CT molecular complexity index is 1100. The summed E-state index contributed by atoms with van der Waals surface area (Å²) < 4.78 is 0. The highest BCUT2D eigenvalue weighted by molar-refractivity contribution is 8.00. The lowest BCUT2D eigenvalue weighted by Crippen LogP contribution is -2.38. The second-order valence-corrected chi connectivity index (χ2v) is 8.62. The predicted octanol–water partition coefficient (Wildman–Crippen LogP) is 4.10. The highest BCUT2D eigenvalue weighted by atomic mass is 35.5. The summed E-state index contributed by atoms with van der Waals surface area (Å²) in [5.41, 5.74) is 3.96. The molecule has 1 saturated heterocycles. The normalized spacial score (nSPS) is 15.6. The van der Waals surface area contributed by atoms with Crippen LogP contribution in [-0.4, -0.2) is 39.8 Å². The zero-order chi connectivity index (χ0) is 20.5. The molecule has 2 amide bonds. The summed E-state index contributed by atoms with van der Waals surface area (Å²) in [4.78, 5) is 34.5. The Morgan fingerprint density at radius 2 is 2.14 bits per heavy atom. The monoisotopic (exact) mass is 428 g/mol. The number of benzene rings is 2. The van der Waals surface area contributed by atoms with Crippen molar-refractivity contribution in [1.82, 2.24) is 15.3 Å². The fraction of sp³-hybridized carbons (Fsp3) is 0.286. The summed E-state index contributed by atoms with van der Waals surface area (Å²) in [5, 5.41) is 3.59. The Morgan fingerprint density at radius 3 is 2.90 bits per heavy atom. The number of hydrogen-bond acceptors (Lipinski definition) is 4. The summed E-state index contributed by atoms with van der Waals surface area (Å²) in [7, 11) is 0. The van der Waals surface area contributed by atoms with E-state index >= 15 is 0 Å². The molecule has 8 heteroatoms. The number of amides is 2. The van der Waals surface area contributed by atoms with Crippen molar-refractivity contribution >= 4 is 51.9 Å². The zero-order valence-electron chi connectivity index (χ0n) is 16.2. The van der Waals surface area contributed by atoms with Crippen LogP contribution in [0.25, 0.3) is 11.0 Å². The first-order valence-corrected chi connectivity index (χ1v) is 10.9. The van der Waals surface area contributed by atoms with E-state index in [1.54, 1.807) is 34.9 Å². The fourth-order valence-corrected chi connectivity index (χ4v) is 4.38. The number of nitrogens with zero attached hydrogens (tertiary/aromatic N) is 2. The van der Waals surface area contributed by atoms with E-state index in [0.29, 0.717) is 28.7 Å². The standard InChI is InChI=1S/C21H21ClN4O2S/c1-12-9-14(3-6-18(12)26-7-8-29-11-19(26)27)21(28)23-13(2)20-24-16-5-4-15(22)10-17(16)25-20/h3-6,9-10,13H,7-8,11H2,1-2H3,(H,23,28)(H,24,25)/t13-/m0/s1. The molecule has 3 aromatic rings. The Labute approximate surface area is 178 Å². The van der Waals surface area contributed by atoms with E-state index in [0.717, 1.165) is 28.0 Å². The maximum absolute atomic E-state index is 12.7. The van der Waals surface area contributed by atoms with E-state index in [1.807, 2.05) is 32.0 Å². The molecule has 0 bridgehead atoms. The lowest BCUT2D eigenvalue weighted by molar-refractivity contribution is -0.116. The summed E-state index contributed by atoms with van der Waals surface area (Å²) >= 11 is 7.67. The molecule has 1 aromatic heterocycles. The molecule has 0 aliphatic carbocycles. The second-order valence-electron chi connectivity index (χ2n) is 7.08. The van der Waals surface area contributed by atoms with Crippen LogP contribution in [0.1, 0.15) is 34.7 Å². The van der Waals surface area contributed by atoms with Crippen LogP contribution in [0.3, 0.4) is 0 Å². The minimum Gasteiger partial charge on any atom is -0.342 e. The zero-order valence-corrected chi connectivity index (χ0v) is 17.7. The third-order valence-corrected chi connectivity index (χ3v) is 6.11. The Balaban J connectivity index is 1.50. The van der Waals surface area contributed by atoms with E-state index in [1.165, 1.54) is 0 Å². The van der Waals surface area contributed by atoms with E-state index in [-0.39, 0.29) is 17.9 Å². The number of hydrogen-bond donors (Lipinski definition) is 2. The first-order valence-electron chi connectivity index (χ1n) is 9.37. The molecule has 2 heterocycles. The summed E-state index contributed by atoms with van der Waals surface area (Å²) in [6.45, 7) is 4.50. The topological polar surface area (TPSA) is 78.1 Å². The van der Waals surface area contributed by atoms with Crippen LogP contribution < -0.4 is 10.2 Å². The van der Waals surface area contributed by atoms with Gasteiger partial charge in [-0.3, -0.25) is 9.59 Å². The Kier molecular flexibility index (Phi) is 5.52. The SMILES string of the molecule is Cc1cc(C(=O)N[C@@H](C)c2nc3cc(Cl)ccc3[nH]2)ccc1N1CCSCC1=O. The van der Waals surface area contributed by atoms with E-state index in [9.17, 15) is 9.59 Å². The molecule has 0 saturated carbocycles. The summed E-state index contributed by atoms with van der Waals surface area (Å²) in [5.74, 6) is 2.02. The highest BCUT2D eigenvalue weighted by Gasteiger charge is 2.22. The third-order valence-electron chi connectivity index (χ3n) is 4.96. The molecular formula is C21H21ClN4O2S. The molecule has 2 aromatic carbocycles. The summed E-state index contributed by atoms with van der Waals surface area (Å²) in [6.07, 6.45) is 0. The molecular weight excluding hydrogens is 408 g/mol. The number of halogens is 1. The number of rotatable bonds is 4. The third kappa shape index (κ3) is 4.11. The molecule has 2 N–H and O–H groups in total. The van der Waals surface area contributed by atoms with E-state index < -0.39 is 0 Å². The van der Waals surface area contributed by atoms with Crippen LogP contribution in [0.5, 0.6) is 0 Å². The van der Waals surface area contributed by atoms with Crippen molar-refractivity contribution in [2.24, 2.45) is 0 Å². The maximum Gasteiger partial charge on any atom is 0.251 e. The van der Waals surface area contributed by atoms with Crippen molar-refractivity contribution in [3.05, 3.63) is 58.4 Å². The molecule has 150 valence electrons. The number of imidazole rings is 1. The molecule has 0 unspecified atom stereocenters. The van der Waals surface area contributed by atoms with Gasteiger partial charge in [0.2, 0.25) is 5.91 Å². The number of carbonyl (C=O) groups excluding carboxylic acids is 2. The van der Waals surface area contributed by atoms with E-state index in [4.69, 9.17) is 11.6 Å². The predicted molar refractivity (Wildman–Crippen MR) is 118 cm³/mol. The van der Waals surface area contributed by atoms with Crippen molar-refractivity contribution in [3.8, 4) is 0 Å². The van der Waals surface area contributed by atoms with Crippen molar-refractivity contribution in [1.29, 1.82) is 0 Å². The molecule has 1 fully saturated rings. The average Bonchev–Trinajstić information content (AvgIpc) is 3.12. The number of carbonyl (C=O) groups is 2. The van der Waals surface area contributed by atoms with Gasteiger partial charge in [-0.25, -0.2) is 4.98 Å². The minimum atomic E-state index is -0.297. The Morgan fingerprint density at radius 1 is 1.31 bits per heavy atom. The lowest BCUT2D eigenvalue weighted by atomic mass is 10.1. The van der Waals surface area contributed by atoms with Gasteiger partial charge in [-0.2, -0.15) is 11.8 Å². The number of anilines is 1. The van der Waals surface area contributed by atoms with Gasteiger partial charge in [0, 0.05) is 28.6 Å². The van der Waals surface area contributed by atoms with Gasteiger partial charge in [-0.15, -0.1) is 0 Å². The van der Waals surface area contributed by atoms with Gasteiger partial charge in [-0.05, 0) is 55.8 Å². The van der Waals surface area contributed by atoms with Gasteiger partial charge < -0.3 is 15.2 Å². The van der Waals surface area contributed by atoms with Gasteiger partial charge in [0.05, 0.1) is 22.8 Å². The second kappa shape index (κ2) is 8.08. The van der Waals surface area contributed by atoms with Crippen molar-refractivity contribution in [2.45, 2.75) is 19.9 Å². The maximum atomic E-state index is 12.7. The molecule has 0 spiro atoms. The fourth-order valence-electron chi connectivity index (χ4n) is 3.42. The molecule has 0 radical (unpaired) electrons. The quantitative estimate of drug-likeness (QED) is 0.655. The van der Waals surface area contributed by atoms with Gasteiger partial charge in [0.25, 0.3) is 5.91 Å². The minimum absolute atomic E-state index is 0.111. The average molecular weight is 429 g/mol. The molecule has 1 aliphatic heterocycles. The van der Waals surface area contributed by atoms with Crippen LogP contribution in [-0.2, 0) is 4.79 Å². The smallest absolute Gasteiger partial charge is 0.251 e. The Hall–Kier alpha value is -2.51. The van der Waals surface area contributed by atoms with Crippen LogP contribution in [0.4, 0.5) is 5.69 Å². The van der Waals surface area contributed by atoms with Gasteiger partial charge in [0.15, 0.2) is 0 Å². The molecule has 1 atom stereocenters. The number of thioether (sulfide) groups is 1. The first kappa shape index (κ1) is 19.8. The first-order chi connectivity index (χ1) is 13.9. The molecule has 4 rings (SSSR count). The number of aromatic amines is 1. The molecule has 29 heavy (non-hydrogen) atoms. The van der Waals surface area contributed by atoms with Crippen LogP contribution in [0, 0.1) is 6.92 Å². The molecule has 1 aliphatic rings. The van der Waals surface area contributed by atoms with Crippen molar-refractivity contribution in [3.63, 3.8) is 0 Å². The number of aryl methyl sites for hydroxylation is 1. The largest absolute Gasteiger partial charge is 0.342 e. The van der Waals surface area contributed by atoms with Gasteiger partial charge in [0.1, 0.15) is 5.82 Å². The van der Waals surface area contributed by atoms with Crippen molar-refractivity contribution < 1.29 is 9.59 Å². The highest BCUT2D eigenvalue weighted by Crippen LogP contribution is 2.26. The lowest BCUT2D eigenvalue weighted by Gasteiger charge is -2.28. The number of nitrogens with one attached hydrogen (secondary N) is 2. The number of aromatic nitrogens is 2. The van der Waals surface area contributed by atoms with E-state index in [2.05, 4.69) is 15.3 Å². The number of fused-ring (bicyclic) bond motifs is 1. The molecule has 6 nitrogen and oxygen atoms in total. The van der Waals surface area contributed by atoms with Crippen molar-refractivity contribution in [2.75, 3.05) is 23.0 Å². The van der Waals surface area contributed by atoms with Gasteiger partial charge >= 0.3 is 0 Å². The van der Waals surface area contributed by atoms with Crippen LogP contribution in [0.2, 0.25) is 5.02 Å². The van der Waals surface area contributed by atoms with Crippen LogP contribution >= 0.6 is 23.4 Å². The van der Waals surface area contributed by atoms with Gasteiger partial charge in [-0.1, -0.05) is 11.6 Å². The van der Waals surface area contributed by atoms with Crippen LogP contribution in [0.15, 0.2) is 36.4 Å². The number of H-pyrrole nitrogens is 1. The summed E-state index contributed by atoms with van der Waals surface area (Å²) in [6, 6.07) is 10.6.